The molecule has 7 rings (SSSR count). The van der Waals surface area contributed by atoms with Gasteiger partial charge in [0.25, 0.3) is 0 Å². The van der Waals surface area contributed by atoms with Gasteiger partial charge < -0.3 is 9.80 Å². The van der Waals surface area contributed by atoms with Gasteiger partial charge in [-0.25, -0.2) is 4.79 Å². The van der Waals surface area contributed by atoms with Crippen LogP contribution < -0.4 is 10.3 Å². The number of hydrogen-bond donors (Lipinski definition) is 2. The number of aromatic nitrogens is 2. The Kier molecular flexibility index (Phi) is 7.90. The molecule has 4 aliphatic heterocycles. The van der Waals surface area contributed by atoms with Crippen molar-refractivity contribution in [1.29, 1.82) is 0 Å². The van der Waals surface area contributed by atoms with Crippen molar-refractivity contribution < 1.29 is 33.4 Å². The van der Waals surface area contributed by atoms with Gasteiger partial charge in [-0.2, -0.15) is 0 Å². The first-order valence-electron chi connectivity index (χ1n) is 15.8. The maximum atomic E-state index is 13.6. The molecule has 0 radical (unpaired) electrons. The number of cyclic esters (lactones) is 1. The third kappa shape index (κ3) is 5.63. The second-order valence-corrected chi connectivity index (χ2v) is 14.6. The van der Waals surface area contributed by atoms with E-state index in [1.54, 1.807) is 21.6 Å². The number of nitrogens with zero attached hydrogens (tertiary/aromatic N) is 4. The Morgan fingerprint density at radius 2 is 1.82 bits per heavy atom. The zero-order valence-corrected chi connectivity index (χ0v) is 26.6. The minimum absolute atomic E-state index is 0.223. The molecule has 0 bridgehead atoms. The van der Waals surface area contributed by atoms with E-state index in [0.717, 1.165) is 49.1 Å². The van der Waals surface area contributed by atoms with Crippen molar-refractivity contribution in [2.45, 2.75) is 70.7 Å². The topological polar surface area (TPSA) is 144 Å². The van der Waals surface area contributed by atoms with Crippen LogP contribution >= 0.6 is 7.94 Å². The van der Waals surface area contributed by atoms with Crippen molar-refractivity contribution in [1.82, 2.24) is 19.4 Å². The Morgan fingerprint density at radius 3 is 2.53 bits per heavy atom. The van der Waals surface area contributed by atoms with Gasteiger partial charge in [0.15, 0.2) is 0 Å². The fourth-order valence-electron chi connectivity index (χ4n) is 7.34. The molecule has 2 saturated heterocycles. The molecule has 1 aromatic carbocycles. The molecule has 12 nitrogen and oxygen atoms in total. The third-order valence-corrected chi connectivity index (χ3v) is 10.2. The van der Waals surface area contributed by atoms with E-state index >= 15 is 0 Å². The van der Waals surface area contributed by atoms with Crippen LogP contribution in [0.2, 0.25) is 0 Å². The SMILES string of the molecule is CCc1c2c(nc3ccc(OC(=O)N4CCC(N5CCCCC5)CC4)cc13)-c1cc3c(c(=O)n1C2)COC(=O)[C@H]3O[PH](C)(O)O. The summed E-state index contributed by atoms with van der Waals surface area (Å²) in [5.41, 5.74) is 3.85. The summed E-state index contributed by atoms with van der Waals surface area (Å²) < 4.78 is 18.0. The summed E-state index contributed by atoms with van der Waals surface area (Å²) in [6.45, 7) is 6.88. The molecule has 6 heterocycles. The Morgan fingerprint density at radius 1 is 1.07 bits per heavy atom. The molecule has 4 aliphatic rings. The number of amides is 1. The van der Waals surface area contributed by atoms with Gasteiger partial charge in [-0.3, -0.25) is 0 Å². The second kappa shape index (κ2) is 11.7. The monoisotopic (exact) mass is 638 g/mol. The third-order valence-electron chi connectivity index (χ3n) is 9.55. The van der Waals surface area contributed by atoms with E-state index in [4.69, 9.17) is 19.0 Å². The number of carbonyl (C=O) groups excluding carboxylic acids is 2. The van der Waals surface area contributed by atoms with E-state index in [2.05, 4.69) is 4.90 Å². The first kappa shape index (κ1) is 30.3. The summed E-state index contributed by atoms with van der Waals surface area (Å²) in [4.78, 5) is 68.5. The summed E-state index contributed by atoms with van der Waals surface area (Å²) in [6.07, 6.45) is 4.63. The molecule has 45 heavy (non-hydrogen) atoms. The van der Waals surface area contributed by atoms with Gasteiger partial charge in [0.05, 0.1) is 0 Å². The Bertz CT molecular complexity index is 1740. The molecule has 3 aromatic rings. The van der Waals surface area contributed by atoms with Crippen LogP contribution in [-0.4, -0.2) is 80.1 Å². The van der Waals surface area contributed by atoms with Crippen LogP contribution in [-0.2, 0) is 33.6 Å². The van der Waals surface area contributed by atoms with Crippen LogP contribution in [0.5, 0.6) is 5.75 Å². The predicted octanol–water partition coefficient (Wildman–Crippen LogP) is 3.66. The quantitative estimate of drug-likeness (QED) is 0.246. The number of pyridine rings is 2. The normalized spacial score (nSPS) is 20.8. The summed E-state index contributed by atoms with van der Waals surface area (Å²) in [5, 5.41) is 0.845. The average molecular weight is 639 g/mol. The summed E-state index contributed by atoms with van der Waals surface area (Å²) in [7, 11) is -4.13. The van der Waals surface area contributed by atoms with Gasteiger partial charge in [-0.05, 0) is 38.8 Å². The van der Waals surface area contributed by atoms with Crippen LogP contribution in [0.15, 0.2) is 29.1 Å². The molecular weight excluding hydrogens is 599 g/mol. The number of aryl methyl sites for hydroxylation is 1. The molecule has 2 aromatic heterocycles. The molecule has 0 spiro atoms. The van der Waals surface area contributed by atoms with E-state index in [9.17, 15) is 24.2 Å². The summed E-state index contributed by atoms with van der Waals surface area (Å²) >= 11 is 0. The van der Waals surface area contributed by atoms with Crippen molar-refractivity contribution in [3.63, 3.8) is 0 Å². The number of ether oxygens (including phenoxy) is 2. The van der Waals surface area contributed by atoms with E-state index in [-0.39, 0.29) is 35.9 Å². The maximum absolute atomic E-state index is 13.6. The molecule has 0 saturated carbocycles. The van der Waals surface area contributed by atoms with E-state index < -0.39 is 20.0 Å². The van der Waals surface area contributed by atoms with E-state index in [0.29, 0.717) is 48.2 Å². The Labute approximate surface area is 261 Å². The van der Waals surface area contributed by atoms with Crippen molar-refractivity contribution in [2.24, 2.45) is 0 Å². The van der Waals surface area contributed by atoms with Gasteiger partial charge in [0.1, 0.15) is 0 Å². The number of piperidine rings is 2. The Hall–Kier alpha value is -3.41. The van der Waals surface area contributed by atoms with Gasteiger partial charge in [0.2, 0.25) is 0 Å². The number of benzene rings is 1. The first-order chi connectivity index (χ1) is 21.6. The molecule has 0 unspecified atom stereocenters. The van der Waals surface area contributed by atoms with Crippen LogP contribution in [0.4, 0.5) is 4.79 Å². The molecule has 1 amide bonds. The number of esters is 1. The fourth-order valence-corrected chi connectivity index (χ4v) is 8.01. The molecule has 2 fully saturated rings. The minimum atomic E-state index is -4.13. The van der Waals surface area contributed by atoms with Gasteiger partial charge in [-0.1, -0.05) is 6.42 Å². The number of carbonyl (C=O) groups is 2. The summed E-state index contributed by atoms with van der Waals surface area (Å²) in [5.74, 6) is -0.331. The van der Waals surface area contributed by atoms with Crippen LogP contribution in [0, 0.1) is 0 Å². The predicted molar refractivity (Wildman–Crippen MR) is 168 cm³/mol. The zero-order chi connectivity index (χ0) is 31.5. The van der Waals surface area contributed by atoms with Gasteiger partial charge in [-0.15, -0.1) is 0 Å². The van der Waals surface area contributed by atoms with Crippen molar-refractivity contribution in [2.75, 3.05) is 32.8 Å². The van der Waals surface area contributed by atoms with Crippen molar-refractivity contribution >= 4 is 30.9 Å². The molecule has 0 aliphatic carbocycles. The number of likely N-dealkylation sites (tertiary alicyclic amines) is 2. The number of rotatable bonds is 5. The zero-order valence-electron chi connectivity index (χ0n) is 25.6. The summed E-state index contributed by atoms with van der Waals surface area (Å²) in [6, 6.07) is 7.62. The van der Waals surface area contributed by atoms with Crippen LogP contribution in [0.1, 0.15) is 67.4 Å². The molecule has 240 valence electrons. The number of hydrogen-bond acceptors (Lipinski definition) is 10. The van der Waals surface area contributed by atoms with Crippen LogP contribution in [0.25, 0.3) is 22.3 Å². The first-order valence-corrected chi connectivity index (χ1v) is 18.1. The van der Waals surface area contributed by atoms with Crippen molar-refractivity contribution in [3.8, 4) is 17.1 Å². The number of fused-ring (bicyclic) bond motifs is 5. The van der Waals surface area contributed by atoms with Crippen LogP contribution in [0.3, 0.4) is 0 Å². The standard InChI is InChI=1S/C32H39N4O8P/c1-3-21-22-15-20(43-32(39)35-13-9-19(10-14-35)34-11-5-4-6-12-34)7-8-26(22)33-28-24(21)17-36-27(28)16-23-25(30(36)37)18-42-31(38)29(23)44-45(2,40)41/h7-8,15-16,19,29,40-41,45H,3-6,9-14,17-18H2,1-2H3/t29-/m0/s1. The van der Waals surface area contributed by atoms with Crippen molar-refractivity contribution in [3.05, 3.63) is 56.9 Å². The second-order valence-electron chi connectivity index (χ2n) is 12.5. The van der Waals surface area contributed by atoms with E-state index in [1.165, 1.54) is 19.3 Å². The van der Waals surface area contributed by atoms with E-state index in [1.807, 2.05) is 19.1 Å². The van der Waals surface area contributed by atoms with Gasteiger partial charge >= 0.3 is 182 Å². The van der Waals surface area contributed by atoms with Gasteiger partial charge in [0, 0.05) is 19.1 Å². The molecular formula is C32H39N4O8P. The molecule has 2 N–H and O–H groups in total. The average Bonchev–Trinajstić information content (AvgIpc) is 3.40. The Balaban J connectivity index is 1.16. The molecule has 1 atom stereocenters. The fraction of sp³-hybridized carbons (Fsp3) is 0.500. The molecule has 13 heteroatoms.